The zero-order chi connectivity index (χ0) is 13.1. The van der Waals surface area contributed by atoms with Crippen LogP contribution in [-0.4, -0.2) is 66.0 Å². The van der Waals surface area contributed by atoms with Crippen LogP contribution in [0.4, 0.5) is 0 Å². The zero-order valence-electron chi connectivity index (χ0n) is 11.1. The van der Waals surface area contributed by atoms with Crippen molar-refractivity contribution >= 4 is 5.91 Å². The monoisotopic (exact) mass is 260 g/mol. The standard InChI is InChI=1S/C14H20N4O/c19-14(12-3-1-4-15-9-12)18-6-2-5-17(7-8-18)13-10-16-11-13/h1,3-4,9,13,16H,2,5-8,10-11H2. The van der Waals surface area contributed by atoms with Crippen molar-refractivity contribution in [1.82, 2.24) is 20.1 Å². The molecule has 0 radical (unpaired) electrons. The molecule has 19 heavy (non-hydrogen) atoms. The molecule has 2 aliphatic rings. The molecule has 0 spiro atoms. The van der Waals surface area contributed by atoms with Gasteiger partial charge in [-0.3, -0.25) is 14.7 Å². The highest BCUT2D eigenvalue weighted by Gasteiger charge is 2.27. The molecule has 1 N–H and O–H groups in total. The normalized spacial score (nSPS) is 21.8. The molecule has 3 rings (SSSR count). The van der Waals surface area contributed by atoms with Gasteiger partial charge >= 0.3 is 0 Å². The second-order valence-electron chi connectivity index (χ2n) is 5.24. The SMILES string of the molecule is O=C(c1cccnc1)N1CCCN(C2CNC2)CC1. The van der Waals surface area contributed by atoms with Gasteiger partial charge in [-0.15, -0.1) is 0 Å². The van der Waals surface area contributed by atoms with Crippen molar-refractivity contribution in [3.63, 3.8) is 0 Å². The van der Waals surface area contributed by atoms with Crippen LogP contribution in [0.25, 0.3) is 0 Å². The smallest absolute Gasteiger partial charge is 0.255 e. The molecule has 3 heterocycles. The molecule has 0 atom stereocenters. The molecule has 5 nitrogen and oxygen atoms in total. The number of carbonyl (C=O) groups excluding carboxylic acids is 1. The Hall–Kier alpha value is -1.46. The second kappa shape index (κ2) is 5.67. The number of nitrogens with zero attached hydrogens (tertiary/aromatic N) is 3. The molecule has 0 unspecified atom stereocenters. The average Bonchev–Trinajstić information content (AvgIpc) is 2.63. The van der Waals surface area contributed by atoms with Gasteiger partial charge in [0.25, 0.3) is 5.91 Å². The minimum atomic E-state index is 0.113. The maximum atomic E-state index is 12.4. The molecule has 2 fully saturated rings. The highest BCUT2D eigenvalue weighted by molar-refractivity contribution is 5.93. The molecule has 0 aromatic carbocycles. The Morgan fingerprint density at radius 2 is 2.16 bits per heavy atom. The Kier molecular flexibility index (Phi) is 3.75. The molecular formula is C14H20N4O. The van der Waals surface area contributed by atoms with Crippen LogP contribution in [-0.2, 0) is 0 Å². The van der Waals surface area contributed by atoms with Crippen molar-refractivity contribution in [3.05, 3.63) is 30.1 Å². The minimum absolute atomic E-state index is 0.113. The predicted octanol–water partition coefficient (Wildman–Crippen LogP) is 0.201. The maximum absolute atomic E-state index is 12.4. The summed E-state index contributed by atoms with van der Waals surface area (Å²) < 4.78 is 0. The second-order valence-corrected chi connectivity index (χ2v) is 5.24. The quantitative estimate of drug-likeness (QED) is 0.825. The van der Waals surface area contributed by atoms with E-state index in [1.54, 1.807) is 12.4 Å². The van der Waals surface area contributed by atoms with Gasteiger partial charge in [0.15, 0.2) is 0 Å². The first kappa shape index (κ1) is 12.6. The summed E-state index contributed by atoms with van der Waals surface area (Å²) in [4.78, 5) is 20.9. The van der Waals surface area contributed by atoms with Crippen molar-refractivity contribution in [1.29, 1.82) is 0 Å². The fourth-order valence-electron chi connectivity index (χ4n) is 2.71. The van der Waals surface area contributed by atoms with Crippen LogP contribution in [0.1, 0.15) is 16.8 Å². The number of hydrogen-bond donors (Lipinski definition) is 1. The lowest BCUT2D eigenvalue weighted by molar-refractivity contribution is 0.0753. The summed E-state index contributed by atoms with van der Waals surface area (Å²) in [6.07, 6.45) is 4.41. The van der Waals surface area contributed by atoms with Gasteiger partial charge in [0.1, 0.15) is 0 Å². The lowest BCUT2D eigenvalue weighted by atomic mass is 10.1. The van der Waals surface area contributed by atoms with Crippen LogP contribution in [0, 0.1) is 0 Å². The lowest BCUT2D eigenvalue weighted by Crippen LogP contribution is -2.57. The van der Waals surface area contributed by atoms with Crippen LogP contribution in [0.2, 0.25) is 0 Å². The summed E-state index contributed by atoms with van der Waals surface area (Å²) in [5.74, 6) is 0.113. The highest BCUT2D eigenvalue weighted by atomic mass is 16.2. The van der Waals surface area contributed by atoms with E-state index in [-0.39, 0.29) is 5.91 Å². The fraction of sp³-hybridized carbons (Fsp3) is 0.571. The third-order valence-electron chi connectivity index (χ3n) is 4.00. The van der Waals surface area contributed by atoms with E-state index in [1.165, 1.54) is 0 Å². The van der Waals surface area contributed by atoms with Crippen molar-refractivity contribution < 1.29 is 4.79 Å². The van der Waals surface area contributed by atoms with Gasteiger partial charge in [-0.2, -0.15) is 0 Å². The molecule has 1 aromatic heterocycles. The number of pyridine rings is 1. The third-order valence-corrected chi connectivity index (χ3v) is 4.00. The number of rotatable bonds is 2. The van der Waals surface area contributed by atoms with E-state index < -0.39 is 0 Å². The van der Waals surface area contributed by atoms with Gasteiger partial charge in [0, 0.05) is 57.7 Å². The summed E-state index contributed by atoms with van der Waals surface area (Å²) in [5.41, 5.74) is 0.696. The Morgan fingerprint density at radius 1 is 1.26 bits per heavy atom. The van der Waals surface area contributed by atoms with Gasteiger partial charge < -0.3 is 10.2 Å². The number of nitrogens with one attached hydrogen (secondary N) is 1. The zero-order valence-corrected chi connectivity index (χ0v) is 11.1. The minimum Gasteiger partial charge on any atom is -0.337 e. The molecule has 1 aromatic rings. The Balaban J connectivity index is 1.61. The largest absolute Gasteiger partial charge is 0.337 e. The first-order valence-electron chi connectivity index (χ1n) is 6.98. The predicted molar refractivity (Wildman–Crippen MR) is 73.0 cm³/mol. The van der Waals surface area contributed by atoms with Gasteiger partial charge in [0.2, 0.25) is 0 Å². The van der Waals surface area contributed by atoms with E-state index in [4.69, 9.17) is 0 Å². The molecule has 0 aliphatic carbocycles. The number of amides is 1. The Morgan fingerprint density at radius 3 is 2.84 bits per heavy atom. The summed E-state index contributed by atoms with van der Waals surface area (Å²) in [6, 6.07) is 4.33. The van der Waals surface area contributed by atoms with E-state index in [0.29, 0.717) is 11.6 Å². The van der Waals surface area contributed by atoms with Crippen LogP contribution in [0.15, 0.2) is 24.5 Å². The number of hydrogen-bond acceptors (Lipinski definition) is 4. The van der Waals surface area contributed by atoms with Crippen molar-refractivity contribution in [3.8, 4) is 0 Å². The molecule has 2 aliphatic heterocycles. The van der Waals surface area contributed by atoms with E-state index in [9.17, 15) is 4.79 Å². The Bertz CT molecular complexity index is 432. The first-order chi connectivity index (χ1) is 9.34. The topological polar surface area (TPSA) is 48.5 Å². The van der Waals surface area contributed by atoms with Crippen LogP contribution in [0.3, 0.4) is 0 Å². The first-order valence-corrected chi connectivity index (χ1v) is 6.98. The summed E-state index contributed by atoms with van der Waals surface area (Å²) >= 11 is 0. The van der Waals surface area contributed by atoms with E-state index in [2.05, 4.69) is 15.2 Å². The maximum Gasteiger partial charge on any atom is 0.255 e. The molecular weight excluding hydrogens is 240 g/mol. The van der Waals surface area contributed by atoms with Gasteiger partial charge in [-0.05, 0) is 18.6 Å². The summed E-state index contributed by atoms with van der Waals surface area (Å²) in [7, 11) is 0. The number of carbonyl (C=O) groups is 1. The van der Waals surface area contributed by atoms with E-state index in [0.717, 1.165) is 45.7 Å². The van der Waals surface area contributed by atoms with E-state index >= 15 is 0 Å². The fourth-order valence-corrected chi connectivity index (χ4v) is 2.71. The van der Waals surface area contributed by atoms with Crippen LogP contribution < -0.4 is 5.32 Å². The van der Waals surface area contributed by atoms with Crippen LogP contribution in [0.5, 0.6) is 0 Å². The summed E-state index contributed by atoms with van der Waals surface area (Å²) in [6.45, 7) is 5.95. The highest BCUT2D eigenvalue weighted by Crippen LogP contribution is 2.12. The van der Waals surface area contributed by atoms with Crippen LogP contribution >= 0.6 is 0 Å². The molecule has 102 valence electrons. The third kappa shape index (κ3) is 2.77. The molecule has 2 saturated heterocycles. The lowest BCUT2D eigenvalue weighted by Gasteiger charge is -2.37. The van der Waals surface area contributed by atoms with Crippen molar-refractivity contribution in [2.45, 2.75) is 12.5 Å². The molecule has 0 saturated carbocycles. The molecule has 1 amide bonds. The average molecular weight is 260 g/mol. The molecule has 5 heteroatoms. The van der Waals surface area contributed by atoms with E-state index in [1.807, 2.05) is 17.0 Å². The van der Waals surface area contributed by atoms with Gasteiger partial charge in [-0.1, -0.05) is 0 Å². The Labute approximate surface area is 113 Å². The summed E-state index contributed by atoms with van der Waals surface area (Å²) in [5, 5.41) is 3.31. The van der Waals surface area contributed by atoms with Crippen molar-refractivity contribution in [2.75, 3.05) is 39.3 Å². The van der Waals surface area contributed by atoms with Gasteiger partial charge in [-0.25, -0.2) is 0 Å². The molecule has 0 bridgehead atoms. The van der Waals surface area contributed by atoms with Crippen molar-refractivity contribution in [2.24, 2.45) is 0 Å². The number of aromatic nitrogens is 1. The van der Waals surface area contributed by atoms with Gasteiger partial charge in [0.05, 0.1) is 5.56 Å².